The van der Waals surface area contributed by atoms with E-state index in [-0.39, 0.29) is 5.78 Å². The van der Waals surface area contributed by atoms with Crippen LogP contribution in [0.25, 0.3) is 16.3 Å². The number of esters is 1. The van der Waals surface area contributed by atoms with Crippen LogP contribution in [0.5, 0.6) is 0 Å². The molecule has 1 aromatic heterocycles. The second-order valence-corrected chi connectivity index (χ2v) is 6.72. The van der Waals surface area contributed by atoms with E-state index < -0.39 is 12.1 Å². The highest BCUT2D eigenvalue weighted by atomic mass is 32.1. The molecule has 0 saturated carbocycles. The molecule has 1 atom stereocenters. The zero-order valence-electron chi connectivity index (χ0n) is 13.9. The monoisotopic (exact) mass is 351 g/mol. The van der Waals surface area contributed by atoms with Gasteiger partial charge in [-0.3, -0.25) is 4.79 Å². The third kappa shape index (κ3) is 4.19. The van der Waals surface area contributed by atoms with E-state index >= 15 is 0 Å². The number of ether oxygens (including phenoxy) is 1. The van der Waals surface area contributed by atoms with Crippen LogP contribution in [0.3, 0.4) is 0 Å². The molecule has 0 bridgehead atoms. The van der Waals surface area contributed by atoms with Crippen LogP contribution in [0.4, 0.5) is 0 Å². The van der Waals surface area contributed by atoms with E-state index in [1.165, 1.54) is 17.4 Å². The Morgan fingerprint density at radius 3 is 2.56 bits per heavy atom. The van der Waals surface area contributed by atoms with E-state index in [4.69, 9.17) is 4.74 Å². The summed E-state index contributed by atoms with van der Waals surface area (Å²) >= 11 is 1.49. The number of para-hydroxylation sites is 1. The molecule has 4 nitrogen and oxygen atoms in total. The Kier molecular flexibility index (Phi) is 5.05. The number of ketones is 1. The van der Waals surface area contributed by atoms with Crippen molar-refractivity contribution in [1.82, 2.24) is 4.98 Å². The van der Waals surface area contributed by atoms with Gasteiger partial charge in [0.25, 0.3) is 0 Å². The lowest BCUT2D eigenvalue weighted by Crippen LogP contribution is -2.23. The van der Waals surface area contributed by atoms with Gasteiger partial charge in [-0.15, -0.1) is 11.3 Å². The molecule has 3 rings (SSSR count). The van der Waals surface area contributed by atoms with E-state index in [1.807, 2.05) is 43.3 Å². The van der Waals surface area contributed by atoms with Crippen LogP contribution >= 0.6 is 11.3 Å². The lowest BCUT2D eigenvalue weighted by molar-refractivity contribution is -0.140. The van der Waals surface area contributed by atoms with E-state index in [9.17, 15) is 9.59 Å². The number of carbonyl (C=O) groups is 2. The molecule has 0 aliphatic rings. The highest BCUT2D eigenvalue weighted by Gasteiger charge is 2.18. The summed E-state index contributed by atoms with van der Waals surface area (Å²) < 4.78 is 6.25. The molecule has 0 fully saturated rings. The lowest BCUT2D eigenvalue weighted by Gasteiger charge is -2.10. The third-order valence-electron chi connectivity index (χ3n) is 3.67. The van der Waals surface area contributed by atoms with Gasteiger partial charge in [-0.2, -0.15) is 0 Å². The molecular weight excluding hydrogens is 334 g/mol. The van der Waals surface area contributed by atoms with Crippen molar-refractivity contribution in [2.75, 3.05) is 0 Å². The summed E-state index contributed by atoms with van der Waals surface area (Å²) in [7, 11) is 0. The molecule has 5 heteroatoms. The predicted octanol–water partition coefficient (Wildman–Crippen LogP) is 4.43. The minimum Gasteiger partial charge on any atom is -0.451 e. The molecule has 126 valence electrons. The first kappa shape index (κ1) is 17.0. The Hall–Kier alpha value is -2.79. The van der Waals surface area contributed by atoms with Crippen LogP contribution in [-0.2, 0) is 9.53 Å². The summed E-state index contributed by atoms with van der Waals surface area (Å²) in [5, 5.41) is 0.718. The summed E-state index contributed by atoms with van der Waals surface area (Å²) in [6.45, 7) is 3.52. The zero-order valence-corrected chi connectivity index (χ0v) is 14.7. The number of rotatable bonds is 5. The van der Waals surface area contributed by atoms with Gasteiger partial charge in [0.1, 0.15) is 5.01 Å². The predicted molar refractivity (Wildman–Crippen MR) is 99.7 cm³/mol. The largest absolute Gasteiger partial charge is 0.451 e. The quantitative estimate of drug-likeness (QED) is 0.387. The standard InChI is InChI=1S/C20H17NO3S/c1-13-7-9-15(10-8-13)20(23)14(2)24-19(22)12-11-18-21-16-5-3-4-6-17(16)25-18/h3-12,14H,1-2H3/b12-11+/t14-/m1/s1. The molecule has 0 spiro atoms. The van der Waals surface area contributed by atoms with E-state index in [0.717, 1.165) is 20.8 Å². The van der Waals surface area contributed by atoms with E-state index in [1.54, 1.807) is 25.1 Å². The first-order chi connectivity index (χ1) is 12.0. The number of benzene rings is 2. The van der Waals surface area contributed by atoms with Gasteiger partial charge in [-0.05, 0) is 32.1 Å². The first-order valence-electron chi connectivity index (χ1n) is 7.88. The van der Waals surface area contributed by atoms with Crippen molar-refractivity contribution in [3.05, 3.63) is 70.7 Å². The Balaban J connectivity index is 1.63. The fraction of sp³-hybridized carbons (Fsp3) is 0.150. The average molecular weight is 351 g/mol. The Morgan fingerprint density at radius 1 is 1.12 bits per heavy atom. The van der Waals surface area contributed by atoms with Crippen LogP contribution in [-0.4, -0.2) is 22.8 Å². The summed E-state index contributed by atoms with van der Waals surface area (Å²) in [5.41, 5.74) is 2.49. The van der Waals surface area contributed by atoms with Crippen molar-refractivity contribution < 1.29 is 14.3 Å². The van der Waals surface area contributed by atoms with E-state index in [2.05, 4.69) is 4.98 Å². The topological polar surface area (TPSA) is 56.3 Å². The number of nitrogens with zero attached hydrogens (tertiary/aromatic N) is 1. The zero-order chi connectivity index (χ0) is 17.8. The molecule has 1 heterocycles. The van der Waals surface area contributed by atoms with Gasteiger partial charge >= 0.3 is 5.97 Å². The first-order valence-corrected chi connectivity index (χ1v) is 8.70. The highest BCUT2D eigenvalue weighted by Crippen LogP contribution is 2.22. The van der Waals surface area contributed by atoms with Crippen molar-refractivity contribution in [1.29, 1.82) is 0 Å². The van der Waals surface area contributed by atoms with Crippen LogP contribution in [0.1, 0.15) is 27.9 Å². The van der Waals surface area contributed by atoms with E-state index in [0.29, 0.717) is 5.56 Å². The number of aromatic nitrogens is 1. The fourth-order valence-corrected chi connectivity index (χ4v) is 3.19. The van der Waals surface area contributed by atoms with Gasteiger partial charge in [0.15, 0.2) is 6.10 Å². The number of fused-ring (bicyclic) bond motifs is 1. The number of Topliss-reactive ketones (excluding diaryl/α,β-unsaturated/α-hetero) is 1. The Labute approximate surface area is 149 Å². The molecule has 3 aromatic rings. The Bertz CT molecular complexity index is 908. The third-order valence-corrected chi connectivity index (χ3v) is 4.67. The van der Waals surface area contributed by atoms with Crippen LogP contribution < -0.4 is 0 Å². The number of hydrogen-bond acceptors (Lipinski definition) is 5. The number of thiazole rings is 1. The normalized spacial score (nSPS) is 12.4. The second kappa shape index (κ2) is 7.40. The summed E-state index contributed by atoms with van der Waals surface area (Å²) in [5.74, 6) is -0.783. The van der Waals surface area contributed by atoms with Crippen molar-refractivity contribution in [2.24, 2.45) is 0 Å². The van der Waals surface area contributed by atoms with Crippen molar-refractivity contribution in [3.63, 3.8) is 0 Å². The number of carbonyl (C=O) groups excluding carboxylic acids is 2. The average Bonchev–Trinajstić information content (AvgIpc) is 3.03. The van der Waals surface area contributed by atoms with Crippen LogP contribution in [0.15, 0.2) is 54.6 Å². The van der Waals surface area contributed by atoms with Gasteiger partial charge in [0.2, 0.25) is 5.78 Å². The van der Waals surface area contributed by atoms with Gasteiger partial charge in [0.05, 0.1) is 10.2 Å². The molecule has 0 aliphatic carbocycles. The van der Waals surface area contributed by atoms with Crippen molar-refractivity contribution in [2.45, 2.75) is 20.0 Å². The van der Waals surface area contributed by atoms with Crippen molar-refractivity contribution in [3.8, 4) is 0 Å². The number of aryl methyl sites for hydroxylation is 1. The molecule has 0 unspecified atom stereocenters. The van der Waals surface area contributed by atoms with Crippen LogP contribution in [0, 0.1) is 6.92 Å². The summed E-state index contributed by atoms with van der Waals surface area (Å²) in [6, 6.07) is 14.9. The summed E-state index contributed by atoms with van der Waals surface area (Å²) in [4.78, 5) is 28.6. The van der Waals surface area contributed by atoms with Crippen molar-refractivity contribution >= 4 is 39.4 Å². The highest BCUT2D eigenvalue weighted by molar-refractivity contribution is 7.19. The molecular formula is C20H17NO3S. The molecule has 0 aliphatic heterocycles. The SMILES string of the molecule is Cc1ccc(C(=O)[C@@H](C)OC(=O)/C=C/c2nc3ccccc3s2)cc1. The number of hydrogen-bond donors (Lipinski definition) is 0. The lowest BCUT2D eigenvalue weighted by atomic mass is 10.1. The maximum atomic E-state index is 12.3. The second-order valence-electron chi connectivity index (χ2n) is 5.66. The smallest absolute Gasteiger partial charge is 0.331 e. The van der Waals surface area contributed by atoms with Gasteiger partial charge in [-0.25, -0.2) is 9.78 Å². The maximum absolute atomic E-state index is 12.3. The van der Waals surface area contributed by atoms with Crippen LogP contribution in [0.2, 0.25) is 0 Å². The molecule has 2 aromatic carbocycles. The molecule has 0 amide bonds. The fourth-order valence-electron chi connectivity index (χ4n) is 2.32. The molecule has 0 radical (unpaired) electrons. The minimum atomic E-state index is -0.838. The van der Waals surface area contributed by atoms with Gasteiger partial charge in [0, 0.05) is 11.6 Å². The molecule has 0 saturated heterocycles. The Morgan fingerprint density at radius 2 is 1.84 bits per heavy atom. The molecule has 0 N–H and O–H groups in total. The minimum absolute atomic E-state index is 0.221. The maximum Gasteiger partial charge on any atom is 0.331 e. The molecule has 25 heavy (non-hydrogen) atoms. The van der Waals surface area contributed by atoms with Gasteiger partial charge in [-0.1, -0.05) is 42.0 Å². The summed E-state index contributed by atoms with van der Waals surface area (Å²) in [6.07, 6.45) is 2.07. The van der Waals surface area contributed by atoms with Gasteiger partial charge < -0.3 is 4.74 Å².